The Morgan fingerprint density at radius 3 is 1.01 bits per heavy atom. The van der Waals surface area contributed by atoms with Crippen LogP contribution in [0.4, 0.5) is 0 Å². The van der Waals surface area contributed by atoms with Crippen LogP contribution in [0.2, 0.25) is 0 Å². The third kappa shape index (κ3) is 75.4. The highest BCUT2D eigenvalue weighted by Gasteiger charge is 2.29. The minimum Gasteiger partial charge on any atom is -0.300 e. The van der Waals surface area contributed by atoms with Crippen LogP contribution in [-0.2, 0) is 49.6 Å². The molecule has 0 spiro atoms. The van der Waals surface area contributed by atoms with Crippen molar-refractivity contribution in [2.75, 3.05) is 0 Å². The van der Waals surface area contributed by atoms with E-state index < -0.39 is 0 Å². The van der Waals surface area contributed by atoms with E-state index in [2.05, 4.69) is 132 Å². The first kappa shape index (κ1) is 105. The van der Waals surface area contributed by atoms with Gasteiger partial charge in [0.25, 0.3) is 0 Å². The normalized spacial score (nSPS) is 13.9. The van der Waals surface area contributed by atoms with Crippen LogP contribution in [0.1, 0.15) is 394 Å². The molecule has 4 fully saturated rings. The first-order valence-electron chi connectivity index (χ1n) is 42.0. The molecule has 4 aliphatic rings. The second-order valence-corrected chi connectivity index (χ2v) is 34.8. The van der Waals surface area contributed by atoms with Crippen molar-refractivity contribution < 1.29 is 47.9 Å². The first-order chi connectivity index (χ1) is 48.8. The van der Waals surface area contributed by atoms with Gasteiger partial charge in [-0.05, 0) is 128 Å². The summed E-state index contributed by atoms with van der Waals surface area (Å²) in [5, 5.41) is 0. The SMILES string of the molecule is CC(=O)CC(C)C.CC(C)CC(=O)C1CC1.CC(C)CC(=O)C1CCCC1.CC(C)CC(=O)CC1CCCC1.CC(C)CC(=O)CCC1CCCC1.CC(C)CC(=O)Cc1ccccc1.CC(C)CC(=O)c1ccccc1.CCC(=O)CC(C)C.CCCC(=O)CC(C)C.CCCCC(=O)CC(C)C. The van der Waals surface area contributed by atoms with Gasteiger partial charge in [0.15, 0.2) is 5.78 Å². The topological polar surface area (TPSA) is 171 Å². The molecule has 0 amide bonds. The molecule has 0 heterocycles. The number of carbonyl (C=O) groups is 10. The first-order valence-corrected chi connectivity index (χ1v) is 42.0. The van der Waals surface area contributed by atoms with Crippen molar-refractivity contribution in [3.8, 4) is 0 Å². The Morgan fingerprint density at radius 2 is 0.663 bits per heavy atom. The van der Waals surface area contributed by atoms with Gasteiger partial charge in [0.2, 0.25) is 0 Å². The summed E-state index contributed by atoms with van der Waals surface area (Å²) in [6.45, 7) is 49.4. The molecule has 0 aliphatic heterocycles. The van der Waals surface area contributed by atoms with E-state index in [0.717, 1.165) is 151 Å². The highest BCUT2D eigenvalue weighted by Crippen LogP contribution is 2.32. The van der Waals surface area contributed by atoms with Crippen LogP contribution in [0.5, 0.6) is 0 Å². The summed E-state index contributed by atoms with van der Waals surface area (Å²) in [6.07, 6.45) is 34.3. The third-order valence-electron chi connectivity index (χ3n) is 17.5. The van der Waals surface area contributed by atoms with Crippen LogP contribution in [0.25, 0.3) is 0 Å². The number of benzene rings is 2. The van der Waals surface area contributed by atoms with Crippen LogP contribution >= 0.6 is 0 Å². The number of rotatable bonds is 36. The Bertz CT molecular complexity index is 2490. The maximum atomic E-state index is 11.5. The van der Waals surface area contributed by atoms with E-state index >= 15 is 0 Å². The summed E-state index contributed by atoms with van der Waals surface area (Å²) in [4.78, 5) is 111. The molecule has 2 aromatic rings. The Balaban J connectivity index is -0.000000537. The Kier molecular flexibility index (Phi) is 68.5. The molecule has 2 aromatic carbocycles. The van der Waals surface area contributed by atoms with Gasteiger partial charge >= 0.3 is 0 Å². The summed E-state index contributed by atoms with van der Waals surface area (Å²) in [5.41, 5.74) is 1.94. The summed E-state index contributed by atoms with van der Waals surface area (Å²) in [5.74, 6) is 11.7. The van der Waals surface area contributed by atoms with Crippen molar-refractivity contribution in [1.29, 1.82) is 0 Å². The molecular formula is C94H164O10. The molecule has 4 aliphatic carbocycles. The number of ketones is 10. The molecule has 0 N–H and O–H groups in total. The van der Waals surface area contributed by atoms with Crippen molar-refractivity contribution in [2.24, 2.45) is 82.9 Å². The van der Waals surface area contributed by atoms with Gasteiger partial charge in [0.05, 0.1) is 0 Å². The van der Waals surface area contributed by atoms with E-state index in [-0.39, 0.29) is 11.6 Å². The van der Waals surface area contributed by atoms with Crippen LogP contribution in [-0.4, -0.2) is 57.8 Å². The van der Waals surface area contributed by atoms with Crippen molar-refractivity contribution in [3.05, 3.63) is 71.8 Å². The number of carbonyl (C=O) groups excluding carboxylic acids is 10. The molecule has 0 saturated heterocycles. The predicted octanol–water partition coefficient (Wildman–Crippen LogP) is 26.1. The molecule has 10 nitrogen and oxygen atoms in total. The van der Waals surface area contributed by atoms with Gasteiger partial charge in [-0.3, -0.25) is 43.2 Å². The summed E-state index contributed by atoms with van der Waals surface area (Å²) < 4.78 is 0. The maximum absolute atomic E-state index is 11.5. The lowest BCUT2D eigenvalue weighted by molar-refractivity contribution is -0.123. The average Bonchev–Trinajstić information content (AvgIpc) is 1.73. The molecule has 6 rings (SSSR count). The van der Waals surface area contributed by atoms with Crippen molar-refractivity contribution in [1.82, 2.24) is 0 Å². The molecule has 10 heteroatoms. The van der Waals surface area contributed by atoms with Gasteiger partial charge in [0.1, 0.15) is 52.0 Å². The average molecular weight is 1450 g/mol. The Labute approximate surface area is 641 Å². The van der Waals surface area contributed by atoms with Gasteiger partial charge < -0.3 is 4.79 Å². The predicted molar refractivity (Wildman–Crippen MR) is 443 cm³/mol. The summed E-state index contributed by atoms with van der Waals surface area (Å²) in [6, 6.07) is 19.4. The zero-order valence-electron chi connectivity index (χ0n) is 72.0. The zero-order chi connectivity index (χ0) is 80.1. The second-order valence-electron chi connectivity index (χ2n) is 34.8. The zero-order valence-corrected chi connectivity index (χ0v) is 72.0. The molecule has 0 unspecified atom stereocenters. The molecule has 0 atom stereocenters. The van der Waals surface area contributed by atoms with E-state index in [9.17, 15) is 47.9 Å². The van der Waals surface area contributed by atoms with E-state index in [0.29, 0.717) is 143 Å². The second kappa shape index (κ2) is 67.5. The molecule has 0 bridgehead atoms. The minimum atomic E-state index is 0.241. The lowest BCUT2D eigenvalue weighted by Crippen LogP contribution is -2.12. The fraction of sp³-hybridized carbons (Fsp3) is 0.766. The molecule has 104 heavy (non-hydrogen) atoms. The molecule has 0 radical (unpaired) electrons. The lowest BCUT2D eigenvalue weighted by Gasteiger charge is -2.08. The van der Waals surface area contributed by atoms with Crippen molar-refractivity contribution >= 4 is 57.8 Å². The Hall–Kier alpha value is -4.86. The molecule has 4 saturated carbocycles. The highest BCUT2D eigenvalue weighted by molar-refractivity contribution is 5.96. The van der Waals surface area contributed by atoms with Crippen LogP contribution in [0.3, 0.4) is 0 Å². The van der Waals surface area contributed by atoms with Crippen LogP contribution in [0.15, 0.2) is 60.7 Å². The smallest absolute Gasteiger partial charge is 0.163 e. The van der Waals surface area contributed by atoms with Crippen LogP contribution in [0, 0.1) is 82.9 Å². The molecule has 0 aromatic heterocycles. The van der Waals surface area contributed by atoms with Gasteiger partial charge in [-0.1, -0.05) is 291 Å². The summed E-state index contributed by atoms with van der Waals surface area (Å²) in [7, 11) is 0. The number of hydrogen-bond donors (Lipinski definition) is 0. The largest absolute Gasteiger partial charge is 0.300 e. The van der Waals surface area contributed by atoms with Gasteiger partial charge in [-0.15, -0.1) is 0 Å². The number of Topliss-reactive ketones (excluding diaryl/α,β-unsaturated/α-hetero) is 10. The quantitative estimate of drug-likeness (QED) is 0.0598. The van der Waals surface area contributed by atoms with Crippen LogP contribution < -0.4 is 0 Å². The molecular weight excluding hydrogens is 1290 g/mol. The maximum Gasteiger partial charge on any atom is 0.163 e. The van der Waals surface area contributed by atoms with Gasteiger partial charge in [-0.2, -0.15) is 0 Å². The highest BCUT2D eigenvalue weighted by atomic mass is 16.2. The van der Waals surface area contributed by atoms with E-state index in [1.165, 1.54) is 64.2 Å². The monoisotopic (exact) mass is 1450 g/mol. The summed E-state index contributed by atoms with van der Waals surface area (Å²) >= 11 is 0. The molecule has 600 valence electrons. The van der Waals surface area contributed by atoms with Crippen molar-refractivity contribution in [3.63, 3.8) is 0 Å². The number of hydrogen-bond acceptors (Lipinski definition) is 10. The van der Waals surface area contributed by atoms with E-state index in [4.69, 9.17) is 0 Å². The number of unbranched alkanes of at least 4 members (excludes halogenated alkanes) is 1. The van der Waals surface area contributed by atoms with Gasteiger partial charge in [0, 0.05) is 120 Å². The van der Waals surface area contributed by atoms with Gasteiger partial charge in [-0.25, -0.2) is 0 Å². The fourth-order valence-electron chi connectivity index (χ4n) is 12.5. The van der Waals surface area contributed by atoms with E-state index in [1.807, 2.05) is 88.4 Å². The van der Waals surface area contributed by atoms with E-state index in [1.54, 1.807) is 6.92 Å². The minimum absolute atomic E-state index is 0.241. The third-order valence-corrected chi connectivity index (χ3v) is 17.5. The van der Waals surface area contributed by atoms with Crippen molar-refractivity contribution in [2.45, 2.75) is 384 Å². The fourth-order valence-corrected chi connectivity index (χ4v) is 12.5. The Morgan fingerprint density at radius 1 is 0.327 bits per heavy atom. The lowest BCUT2D eigenvalue weighted by atomic mass is 9.95. The standard InChI is InChI=1S/C12H22O.C12H16O.C11H20O.C11H14O.C10H18O.C9H18O.C8H14O.C8H16O.C7H14O.C6H12O/c1-10(2)9-12(13)8-7-11-5-3-4-6-11;1-10(2)8-12(13)9-11-6-4-3-5-7-11;1-9(2)7-11(12)8-10-5-3-4-6-10;1-9(2)8-11(12)10-6-4-3-5-7-10;1-8(2)7-10(11)9-5-3-4-6-9;1-4-5-6-9(10)7-8(2)3;1-6(2)5-8(9)7-3-4-7;1-4-5-8(9)6-7(2)3;1-4-7(8)5-6(2)3;1-5(2)4-6(3)7/h10-11H,3-9H2,1-2H3;3-7,10H,8-9H2,1-2H3;9-10H,3-8H2,1-2H3;3-7,9H,8H2,1-2H3;8-9H,3-7H2,1-2H3;8H,4-7H2,1-3H3;6-7H,3-5H2,1-2H3;7H,4-6H2,1-3H3;6H,4-5H2,1-3H3;5H,4H2,1-3H3.